The second-order valence-electron chi connectivity index (χ2n) is 6.57. The van der Waals surface area contributed by atoms with E-state index in [1.54, 1.807) is 78.3 Å². The van der Waals surface area contributed by atoms with Crippen LogP contribution in [0, 0.1) is 0 Å². The van der Waals surface area contributed by atoms with Crippen LogP contribution in [0.2, 0.25) is 0 Å². The van der Waals surface area contributed by atoms with Crippen molar-refractivity contribution in [2.75, 3.05) is 6.61 Å². The maximum atomic E-state index is 13.0. The average Bonchev–Trinajstić information content (AvgIpc) is 3.18. The van der Waals surface area contributed by atoms with E-state index in [9.17, 15) is 14.4 Å². The molecule has 6 nitrogen and oxygen atoms in total. The molecule has 0 aliphatic carbocycles. The van der Waals surface area contributed by atoms with Crippen molar-refractivity contribution in [3.8, 4) is 0 Å². The summed E-state index contributed by atoms with van der Waals surface area (Å²) in [4.78, 5) is 42.5. The van der Waals surface area contributed by atoms with E-state index in [2.05, 4.69) is 4.98 Å². The van der Waals surface area contributed by atoms with Crippen LogP contribution in [-0.2, 0) is 4.74 Å². The largest absolute Gasteiger partial charge is 0.462 e. The first-order chi connectivity index (χ1) is 14.6. The van der Waals surface area contributed by atoms with Crippen LogP contribution < -0.4 is 0 Å². The first-order valence-corrected chi connectivity index (χ1v) is 9.48. The zero-order chi connectivity index (χ0) is 21.1. The molecule has 6 heteroatoms. The number of rotatable bonds is 6. The molecular weight excluding hydrogens is 380 g/mol. The van der Waals surface area contributed by atoms with Crippen LogP contribution in [0.4, 0.5) is 0 Å². The van der Waals surface area contributed by atoms with Crippen molar-refractivity contribution < 1.29 is 19.1 Å². The van der Waals surface area contributed by atoms with Crippen LogP contribution >= 0.6 is 0 Å². The Kier molecular flexibility index (Phi) is 5.22. The summed E-state index contributed by atoms with van der Waals surface area (Å²) in [5, 5.41) is 0. The molecule has 0 bridgehead atoms. The highest BCUT2D eigenvalue weighted by Crippen LogP contribution is 2.23. The Labute approximate surface area is 172 Å². The molecular formula is C24H18N2O4. The molecule has 0 aliphatic heterocycles. The third-order valence-corrected chi connectivity index (χ3v) is 4.70. The van der Waals surface area contributed by atoms with Gasteiger partial charge in [0, 0.05) is 23.5 Å². The van der Waals surface area contributed by atoms with Gasteiger partial charge in [0.1, 0.15) is 5.69 Å². The average molecular weight is 398 g/mol. The summed E-state index contributed by atoms with van der Waals surface area (Å²) in [6.45, 7) is 1.91. The predicted octanol–water partition coefficient (Wildman–Crippen LogP) is 3.97. The number of carbonyl (C=O) groups is 3. The number of hydrogen-bond acceptors (Lipinski definition) is 5. The van der Waals surface area contributed by atoms with Gasteiger partial charge in [-0.3, -0.25) is 14.6 Å². The minimum Gasteiger partial charge on any atom is -0.462 e. The van der Waals surface area contributed by atoms with E-state index >= 15 is 0 Å². The zero-order valence-electron chi connectivity index (χ0n) is 16.2. The van der Waals surface area contributed by atoms with Crippen LogP contribution in [0.1, 0.15) is 49.4 Å². The van der Waals surface area contributed by atoms with Gasteiger partial charge in [0.05, 0.1) is 23.4 Å². The smallest absolute Gasteiger partial charge is 0.340 e. The topological polar surface area (TPSA) is 77.7 Å². The Bertz CT molecular complexity index is 1240. The lowest BCUT2D eigenvalue weighted by Crippen LogP contribution is -2.07. The molecule has 0 radical (unpaired) electrons. The summed E-state index contributed by atoms with van der Waals surface area (Å²) in [6, 6.07) is 18.6. The van der Waals surface area contributed by atoms with Gasteiger partial charge in [0.25, 0.3) is 0 Å². The maximum Gasteiger partial charge on any atom is 0.340 e. The predicted molar refractivity (Wildman–Crippen MR) is 111 cm³/mol. The fraction of sp³-hybridized carbons (Fsp3) is 0.0833. The lowest BCUT2D eigenvalue weighted by Gasteiger charge is -2.06. The van der Waals surface area contributed by atoms with Crippen molar-refractivity contribution in [2.24, 2.45) is 0 Å². The molecule has 3 aromatic heterocycles. The van der Waals surface area contributed by atoms with Crippen molar-refractivity contribution >= 4 is 23.1 Å². The van der Waals surface area contributed by atoms with Gasteiger partial charge in [-0.25, -0.2) is 4.79 Å². The van der Waals surface area contributed by atoms with Gasteiger partial charge in [-0.1, -0.05) is 36.4 Å². The van der Waals surface area contributed by atoms with E-state index in [1.807, 2.05) is 6.07 Å². The van der Waals surface area contributed by atoms with Gasteiger partial charge in [-0.2, -0.15) is 0 Å². The quantitative estimate of drug-likeness (QED) is 0.363. The van der Waals surface area contributed by atoms with E-state index in [4.69, 9.17) is 4.74 Å². The first-order valence-electron chi connectivity index (χ1n) is 9.48. The van der Waals surface area contributed by atoms with E-state index in [1.165, 1.54) is 6.07 Å². The molecule has 3 heterocycles. The number of benzene rings is 1. The number of nitrogens with zero attached hydrogens (tertiary/aromatic N) is 2. The van der Waals surface area contributed by atoms with Gasteiger partial charge in [0.2, 0.25) is 11.6 Å². The Morgan fingerprint density at radius 2 is 1.67 bits per heavy atom. The SMILES string of the molecule is CCOC(=O)c1cc(C(=O)c2ccccc2)n2ccc(C(=O)c3ccccn3)cc12. The van der Waals surface area contributed by atoms with Crippen LogP contribution in [0.15, 0.2) is 79.1 Å². The Balaban J connectivity index is 1.86. The van der Waals surface area contributed by atoms with E-state index in [-0.39, 0.29) is 23.7 Å². The number of esters is 1. The molecule has 0 N–H and O–H groups in total. The lowest BCUT2D eigenvalue weighted by molar-refractivity contribution is 0.0528. The second-order valence-corrected chi connectivity index (χ2v) is 6.57. The third kappa shape index (κ3) is 3.51. The van der Waals surface area contributed by atoms with E-state index in [0.717, 1.165) is 0 Å². The molecule has 0 amide bonds. The fourth-order valence-corrected chi connectivity index (χ4v) is 3.27. The molecule has 4 rings (SSSR count). The highest BCUT2D eigenvalue weighted by molar-refractivity contribution is 6.12. The second kappa shape index (κ2) is 8.13. The summed E-state index contributed by atoms with van der Waals surface area (Å²) < 4.78 is 6.77. The molecule has 148 valence electrons. The molecule has 30 heavy (non-hydrogen) atoms. The number of carbonyl (C=O) groups excluding carboxylic acids is 3. The van der Waals surface area contributed by atoms with Crippen LogP contribution in [0.5, 0.6) is 0 Å². The van der Waals surface area contributed by atoms with E-state index in [0.29, 0.717) is 28.0 Å². The zero-order valence-corrected chi connectivity index (χ0v) is 16.2. The molecule has 0 saturated heterocycles. The molecule has 0 aliphatic rings. The van der Waals surface area contributed by atoms with Crippen molar-refractivity contribution in [1.82, 2.24) is 9.38 Å². The highest BCUT2D eigenvalue weighted by atomic mass is 16.5. The summed E-state index contributed by atoms with van der Waals surface area (Å²) in [7, 11) is 0. The molecule has 0 fully saturated rings. The molecule has 0 atom stereocenters. The first kappa shape index (κ1) is 19.3. The number of ketones is 2. The van der Waals surface area contributed by atoms with Gasteiger partial charge in [0.15, 0.2) is 0 Å². The minimum atomic E-state index is -0.551. The van der Waals surface area contributed by atoms with Gasteiger partial charge >= 0.3 is 5.97 Å². The van der Waals surface area contributed by atoms with Crippen molar-refractivity contribution in [3.05, 3.63) is 107 Å². The van der Waals surface area contributed by atoms with Crippen LogP contribution in [-0.4, -0.2) is 33.5 Å². The van der Waals surface area contributed by atoms with Crippen LogP contribution in [0.25, 0.3) is 5.52 Å². The summed E-state index contributed by atoms with van der Waals surface area (Å²) in [5.74, 6) is -1.06. The highest BCUT2D eigenvalue weighted by Gasteiger charge is 2.22. The van der Waals surface area contributed by atoms with Crippen molar-refractivity contribution in [3.63, 3.8) is 0 Å². The number of fused-ring (bicyclic) bond motifs is 1. The van der Waals surface area contributed by atoms with Gasteiger partial charge in [-0.05, 0) is 37.3 Å². The van der Waals surface area contributed by atoms with Gasteiger partial charge < -0.3 is 9.14 Å². The minimum absolute atomic E-state index is 0.199. The van der Waals surface area contributed by atoms with Crippen molar-refractivity contribution in [2.45, 2.75) is 6.92 Å². The number of ether oxygens (including phenoxy) is 1. The molecule has 0 saturated carbocycles. The van der Waals surface area contributed by atoms with Crippen LogP contribution in [0.3, 0.4) is 0 Å². The molecule has 0 unspecified atom stereocenters. The van der Waals surface area contributed by atoms with Gasteiger partial charge in [-0.15, -0.1) is 0 Å². The Morgan fingerprint density at radius 1 is 0.900 bits per heavy atom. The molecule has 0 spiro atoms. The summed E-state index contributed by atoms with van der Waals surface area (Å²) in [5.41, 5.74) is 2.13. The number of aromatic nitrogens is 2. The maximum absolute atomic E-state index is 13.0. The van der Waals surface area contributed by atoms with Crippen molar-refractivity contribution in [1.29, 1.82) is 0 Å². The number of pyridine rings is 2. The van der Waals surface area contributed by atoms with E-state index < -0.39 is 5.97 Å². The fourth-order valence-electron chi connectivity index (χ4n) is 3.27. The Morgan fingerprint density at radius 3 is 2.37 bits per heavy atom. The molecule has 1 aromatic carbocycles. The molecule has 4 aromatic rings. The summed E-state index contributed by atoms with van der Waals surface area (Å²) in [6.07, 6.45) is 3.16. The summed E-state index contributed by atoms with van der Waals surface area (Å²) >= 11 is 0. The normalized spacial score (nSPS) is 10.7. The Hall–Kier alpha value is -4.06. The standard InChI is InChI=1S/C24H18N2O4/c1-2-30-24(29)18-15-21(23(28)16-8-4-3-5-9-16)26-13-11-17(14-20(18)26)22(27)19-10-6-7-12-25-19/h3-15H,2H2,1H3. The monoisotopic (exact) mass is 398 g/mol. The third-order valence-electron chi connectivity index (χ3n) is 4.70. The lowest BCUT2D eigenvalue weighted by atomic mass is 10.1. The number of hydrogen-bond donors (Lipinski definition) is 0.